The molecule has 4 aromatic carbocycles. The van der Waals surface area contributed by atoms with Gasteiger partial charge >= 0.3 is 6.18 Å². The zero-order valence-electron chi connectivity index (χ0n) is 23.2. The summed E-state index contributed by atoms with van der Waals surface area (Å²) in [6, 6.07) is 30.2. The first kappa shape index (κ1) is 26.8. The molecule has 214 valence electrons. The first-order chi connectivity index (χ1) is 21.0. The third-order valence-electron chi connectivity index (χ3n) is 8.03. The molecule has 3 aromatic heterocycles. The number of aromatic amines is 1. The smallest absolute Gasteiger partial charge is 0.418 e. The Hall–Kier alpha value is -5.04. The zero-order chi connectivity index (χ0) is 29.4. The van der Waals surface area contributed by atoms with Crippen molar-refractivity contribution in [3.63, 3.8) is 0 Å². The Morgan fingerprint density at radius 3 is 2.44 bits per heavy atom. The predicted molar refractivity (Wildman–Crippen MR) is 165 cm³/mol. The normalized spacial score (nSPS) is 12.0. The van der Waals surface area contributed by atoms with Crippen molar-refractivity contribution < 1.29 is 17.9 Å². The van der Waals surface area contributed by atoms with Crippen LogP contribution in [-0.4, -0.2) is 21.1 Å². The number of hydrogen-bond acceptors (Lipinski definition) is 2. The predicted octanol–water partition coefficient (Wildman–Crippen LogP) is 9.22. The minimum atomic E-state index is -4.48. The molecule has 0 saturated heterocycles. The maximum Gasteiger partial charge on any atom is 0.418 e. The first-order valence-corrected chi connectivity index (χ1v) is 14.3. The molecular weight excluding hydrogens is 547 g/mol. The van der Waals surface area contributed by atoms with E-state index in [0.717, 1.165) is 36.5 Å². The van der Waals surface area contributed by atoms with E-state index in [4.69, 9.17) is 4.74 Å². The quantitative estimate of drug-likeness (QED) is 0.196. The van der Waals surface area contributed by atoms with E-state index in [9.17, 15) is 13.2 Å². The monoisotopic (exact) mass is 575 g/mol. The first-order valence-electron chi connectivity index (χ1n) is 14.3. The van der Waals surface area contributed by atoms with E-state index < -0.39 is 11.7 Å². The molecule has 0 spiro atoms. The van der Waals surface area contributed by atoms with Crippen LogP contribution in [0.15, 0.2) is 116 Å². The summed E-state index contributed by atoms with van der Waals surface area (Å²) in [5.74, 6) is 0.664. The number of alkyl halides is 3. The lowest BCUT2D eigenvalue weighted by Crippen LogP contribution is -2.06. The summed E-state index contributed by atoms with van der Waals surface area (Å²) >= 11 is 0. The molecule has 0 atom stereocenters. The van der Waals surface area contributed by atoms with E-state index in [1.807, 2.05) is 30.3 Å². The van der Waals surface area contributed by atoms with Crippen LogP contribution in [0.2, 0.25) is 0 Å². The molecule has 0 saturated carbocycles. The van der Waals surface area contributed by atoms with Crippen molar-refractivity contribution in [3.8, 4) is 16.9 Å². The van der Waals surface area contributed by atoms with Crippen LogP contribution in [0.4, 0.5) is 13.2 Å². The fourth-order valence-corrected chi connectivity index (χ4v) is 5.98. The number of ether oxygens (including phenoxy) is 1. The largest absolute Gasteiger partial charge is 0.493 e. The summed E-state index contributed by atoms with van der Waals surface area (Å²) in [5, 5.41) is 2.92. The van der Waals surface area contributed by atoms with Gasteiger partial charge in [-0.05, 0) is 65.1 Å². The van der Waals surface area contributed by atoms with Crippen molar-refractivity contribution in [1.29, 1.82) is 0 Å². The van der Waals surface area contributed by atoms with Gasteiger partial charge in [0.1, 0.15) is 5.75 Å². The van der Waals surface area contributed by atoms with Crippen LogP contribution in [0.25, 0.3) is 43.8 Å². The third-order valence-corrected chi connectivity index (χ3v) is 8.03. The van der Waals surface area contributed by atoms with Gasteiger partial charge in [-0.15, -0.1) is 0 Å². The maximum atomic E-state index is 13.6. The minimum absolute atomic E-state index is 0.0556. The van der Waals surface area contributed by atoms with Gasteiger partial charge < -0.3 is 14.3 Å². The van der Waals surface area contributed by atoms with Crippen LogP contribution in [0.5, 0.6) is 5.75 Å². The lowest BCUT2D eigenvalue weighted by Gasteiger charge is -2.13. The molecule has 0 unspecified atom stereocenters. The molecule has 0 fully saturated rings. The van der Waals surface area contributed by atoms with Crippen LogP contribution in [0.1, 0.15) is 16.7 Å². The fourth-order valence-electron chi connectivity index (χ4n) is 5.98. The molecule has 0 aliphatic heterocycles. The molecular formula is C36H28F3N3O. The molecule has 0 amide bonds. The average Bonchev–Trinajstić information content (AvgIpc) is 3.60. The number of pyridine rings is 1. The van der Waals surface area contributed by atoms with Gasteiger partial charge in [0.25, 0.3) is 0 Å². The van der Waals surface area contributed by atoms with E-state index in [2.05, 4.69) is 69.4 Å². The van der Waals surface area contributed by atoms with Gasteiger partial charge in [0.2, 0.25) is 0 Å². The van der Waals surface area contributed by atoms with E-state index in [1.165, 1.54) is 39.7 Å². The second-order valence-corrected chi connectivity index (χ2v) is 10.7. The van der Waals surface area contributed by atoms with Gasteiger partial charge in [-0.2, -0.15) is 13.2 Å². The summed E-state index contributed by atoms with van der Waals surface area (Å²) in [4.78, 5) is 7.42. The molecule has 4 nitrogen and oxygen atoms in total. The number of hydrogen-bond donors (Lipinski definition) is 1. The van der Waals surface area contributed by atoms with Crippen molar-refractivity contribution in [1.82, 2.24) is 14.5 Å². The van der Waals surface area contributed by atoms with E-state index in [1.54, 1.807) is 12.1 Å². The van der Waals surface area contributed by atoms with Gasteiger partial charge in [0.15, 0.2) is 0 Å². The molecule has 0 radical (unpaired) electrons. The number of rotatable bonds is 8. The Kier molecular flexibility index (Phi) is 6.86. The Balaban J connectivity index is 1.09. The molecule has 7 heteroatoms. The van der Waals surface area contributed by atoms with E-state index in [0.29, 0.717) is 23.3 Å². The molecule has 7 rings (SSSR count). The van der Waals surface area contributed by atoms with Crippen LogP contribution in [0.3, 0.4) is 0 Å². The number of nitrogens with zero attached hydrogens (tertiary/aromatic N) is 2. The number of halogens is 3. The van der Waals surface area contributed by atoms with Gasteiger partial charge in [-0.3, -0.25) is 4.98 Å². The standard InChI is InChI=1S/C36H28F3N3O/c37-36(38,39)32-12-6-11-31-28(15-18-40-35(31)32)24-7-5-8-27(21-24)43-20-17-26-23-42(34-14-4-2-10-30(26)34)19-16-25-22-41-33-13-3-1-9-29(25)33/h1-15,18,21-23,41H,16-17,19-20H2. The van der Waals surface area contributed by atoms with E-state index in [-0.39, 0.29) is 5.52 Å². The number of aryl methyl sites for hydroxylation is 2. The Morgan fingerprint density at radius 1 is 0.767 bits per heavy atom. The minimum Gasteiger partial charge on any atom is -0.493 e. The summed E-state index contributed by atoms with van der Waals surface area (Å²) in [7, 11) is 0. The highest BCUT2D eigenvalue weighted by Crippen LogP contribution is 2.37. The van der Waals surface area contributed by atoms with Crippen molar-refractivity contribution >= 4 is 32.7 Å². The molecule has 7 aromatic rings. The van der Waals surface area contributed by atoms with Crippen LogP contribution in [-0.2, 0) is 25.6 Å². The van der Waals surface area contributed by atoms with Gasteiger partial charge in [0, 0.05) is 58.7 Å². The fraction of sp³-hybridized carbons (Fsp3) is 0.139. The Morgan fingerprint density at radius 2 is 1.56 bits per heavy atom. The highest BCUT2D eigenvalue weighted by atomic mass is 19.4. The van der Waals surface area contributed by atoms with E-state index >= 15 is 0 Å². The summed E-state index contributed by atoms with van der Waals surface area (Å²) < 4.78 is 49.3. The van der Waals surface area contributed by atoms with Crippen molar-refractivity contribution in [2.45, 2.75) is 25.6 Å². The highest BCUT2D eigenvalue weighted by Gasteiger charge is 2.33. The summed E-state index contributed by atoms with van der Waals surface area (Å²) in [6.07, 6.45) is 2.91. The summed E-state index contributed by atoms with van der Waals surface area (Å²) in [5.41, 5.74) is 5.53. The van der Waals surface area contributed by atoms with Crippen molar-refractivity contribution in [2.75, 3.05) is 6.61 Å². The number of aromatic nitrogens is 3. The van der Waals surface area contributed by atoms with Gasteiger partial charge in [0.05, 0.1) is 17.7 Å². The SMILES string of the molecule is FC(F)(F)c1cccc2c(-c3cccc(OCCc4cn(CCc5c[nH]c6ccccc56)c5ccccc45)c3)ccnc12. The highest BCUT2D eigenvalue weighted by molar-refractivity contribution is 5.96. The van der Waals surface area contributed by atoms with Crippen LogP contribution < -0.4 is 4.74 Å². The lowest BCUT2D eigenvalue weighted by molar-refractivity contribution is -0.136. The second-order valence-electron chi connectivity index (χ2n) is 10.7. The third kappa shape index (κ3) is 5.23. The molecule has 43 heavy (non-hydrogen) atoms. The molecule has 0 aliphatic rings. The topological polar surface area (TPSA) is 42.8 Å². The van der Waals surface area contributed by atoms with Gasteiger partial charge in [-0.25, -0.2) is 0 Å². The molecule has 0 bridgehead atoms. The number of benzene rings is 4. The van der Waals surface area contributed by atoms with Crippen LogP contribution >= 0.6 is 0 Å². The molecule has 3 heterocycles. The van der Waals surface area contributed by atoms with Crippen LogP contribution in [0, 0.1) is 0 Å². The number of para-hydroxylation sites is 3. The Labute approximate surface area is 246 Å². The summed E-state index contributed by atoms with van der Waals surface area (Å²) in [6.45, 7) is 1.33. The molecule has 1 N–H and O–H groups in total. The molecule has 0 aliphatic carbocycles. The van der Waals surface area contributed by atoms with Crippen molar-refractivity contribution in [3.05, 3.63) is 132 Å². The Bertz CT molecular complexity index is 2070. The van der Waals surface area contributed by atoms with Crippen molar-refractivity contribution in [2.24, 2.45) is 0 Å². The number of fused-ring (bicyclic) bond motifs is 3. The average molecular weight is 576 g/mol. The lowest BCUT2D eigenvalue weighted by atomic mass is 9.99. The second kappa shape index (κ2) is 11.0. The zero-order valence-corrected chi connectivity index (χ0v) is 23.2. The number of H-pyrrole nitrogens is 1. The number of nitrogens with one attached hydrogen (secondary N) is 1. The van der Waals surface area contributed by atoms with Gasteiger partial charge in [-0.1, -0.05) is 60.7 Å². The maximum absolute atomic E-state index is 13.6.